The highest BCUT2D eigenvalue weighted by molar-refractivity contribution is 5.86. The van der Waals surface area contributed by atoms with Gasteiger partial charge in [0, 0.05) is 48.0 Å². The molecular weight excluding hydrogens is 402 g/mol. The minimum absolute atomic E-state index is 0.421. The molecule has 162 valence electrons. The molecule has 4 aromatic rings. The molecular formula is C24H25N7O. The van der Waals surface area contributed by atoms with Crippen LogP contribution in [0.3, 0.4) is 0 Å². The molecule has 0 aliphatic carbocycles. The number of pyridine rings is 3. The van der Waals surface area contributed by atoms with Crippen molar-refractivity contribution in [2.45, 2.75) is 24.8 Å². The summed E-state index contributed by atoms with van der Waals surface area (Å²) < 4.78 is 1.79. The standard InChI is InChI=1S/C24H25N7O/c25-24(32)23(29-18-6-10-26-11-7-18)16-8-12-31-22(13-16)19(15-28-31)21-5-1-4-20(30-21)17-3-2-9-27-14-17/h1,4-8,10-13,15,17,23,27H,2-3,9,14H2,(H2,25,32)(H,26,29). The second-order valence-corrected chi connectivity index (χ2v) is 8.05. The molecule has 1 aliphatic rings. The van der Waals surface area contributed by atoms with Crippen LogP contribution in [0.1, 0.15) is 36.1 Å². The third kappa shape index (κ3) is 4.04. The summed E-state index contributed by atoms with van der Waals surface area (Å²) in [6, 6.07) is 12.9. The number of nitrogens with zero attached hydrogens (tertiary/aromatic N) is 4. The smallest absolute Gasteiger partial charge is 0.244 e. The number of hydrogen-bond donors (Lipinski definition) is 3. The molecule has 2 unspecified atom stereocenters. The van der Waals surface area contributed by atoms with Crippen LogP contribution in [0.5, 0.6) is 0 Å². The fourth-order valence-electron chi connectivity index (χ4n) is 4.24. The number of primary amides is 1. The summed E-state index contributed by atoms with van der Waals surface area (Å²) in [5, 5.41) is 11.1. The maximum absolute atomic E-state index is 12.3. The molecule has 8 heteroatoms. The van der Waals surface area contributed by atoms with Crippen molar-refractivity contribution in [2.24, 2.45) is 5.73 Å². The summed E-state index contributed by atoms with van der Waals surface area (Å²) in [5.41, 5.74) is 11.0. The number of amides is 1. The first kappa shape index (κ1) is 20.1. The Hall–Kier alpha value is -3.78. The van der Waals surface area contributed by atoms with Gasteiger partial charge in [-0.1, -0.05) is 6.07 Å². The summed E-state index contributed by atoms with van der Waals surface area (Å²) >= 11 is 0. The predicted molar refractivity (Wildman–Crippen MR) is 123 cm³/mol. The zero-order valence-electron chi connectivity index (χ0n) is 17.6. The number of nitrogens with two attached hydrogens (primary N) is 1. The molecule has 1 amide bonds. The average molecular weight is 428 g/mol. The van der Waals surface area contributed by atoms with Gasteiger partial charge in [-0.25, -0.2) is 4.52 Å². The molecule has 4 N–H and O–H groups in total. The summed E-state index contributed by atoms with van der Waals surface area (Å²) in [6.45, 7) is 2.03. The van der Waals surface area contributed by atoms with Gasteiger partial charge in [-0.15, -0.1) is 0 Å². The van der Waals surface area contributed by atoms with Gasteiger partial charge >= 0.3 is 0 Å². The van der Waals surface area contributed by atoms with Crippen molar-refractivity contribution in [2.75, 3.05) is 18.4 Å². The van der Waals surface area contributed by atoms with Crippen LogP contribution in [0.15, 0.2) is 67.3 Å². The number of anilines is 1. The van der Waals surface area contributed by atoms with E-state index in [1.54, 1.807) is 29.0 Å². The molecule has 0 aromatic carbocycles. The van der Waals surface area contributed by atoms with Gasteiger partial charge in [-0.3, -0.25) is 14.8 Å². The summed E-state index contributed by atoms with van der Waals surface area (Å²) in [4.78, 5) is 21.2. The maximum Gasteiger partial charge on any atom is 0.244 e. The molecule has 0 bridgehead atoms. The molecule has 5 rings (SSSR count). The summed E-state index contributed by atoms with van der Waals surface area (Å²) in [6.07, 6.45) is 9.30. The number of rotatable bonds is 6. The van der Waals surface area contributed by atoms with Crippen LogP contribution in [0.4, 0.5) is 5.69 Å². The van der Waals surface area contributed by atoms with E-state index in [0.29, 0.717) is 5.92 Å². The summed E-state index contributed by atoms with van der Waals surface area (Å²) in [5.74, 6) is -0.0398. The first-order chi connectivity index (χ1) is 15.7. The van der Waals surface area contributed by atoms with Crippen LogP contribution in [-0.2, 0) is 4.79 Å². The molecule has 32 heavy (non-hydrogen) atoms. The fraction of sp³-hybridized carbons (Fsp3) is 0.250. The van der Waals surface area contributed by atoms with Gasteiger partial charge in [-0.05, 0) is 61.3 Å². The Labute approximate surface area is 185 Å². The average Bonchev–Trinajstić information content (AvgIpc) is 3.27. The van der Waals surface area contributed by atoms with Gasteiger partial charge in [0.25, 0.3) is 0 Å². The number of fused-ring (bicyclic) bond motifs is 1. The quantitative estimate of drug-likeness (QED) is 0.436. The molecule has 0 radical (unpaired) electrons. The van der Waals surface area contributed by atoms with Crippen molar-refractivity contribution >= 4 is 17.1 Å². The largest absolute Gasteiger partial charge is 0.370 e. The third-order valence-corrected chi connectivity index (χ3v) is 5.92. The molecule has 8 nitrogen and oxygen atoms in total. The molecule has 0 saturated carbocycles. The van der Waals surface area contributed by atoms with Crippen molar-refractivity contribution in [3.05, 3.63) is 78.5 Å². The van der Waals surface area contributed by atoms with E-state index in [2.05, 4.69) is 32.8 Å². The predicted octanol–water partition coefficient (Wildman–Crippen LogP) is 2.90. The highest BCUT2D eigenvalue weighted by atomic mass is 16.1. The lowest BCUT2D eigenvalue weighted by atomic mass is 9.95. The monoisotopic (exact) mass is 427 g/mol. The molecule has 1 fully saturated rings. The Morgan fingerprint density at radius 1 is 1.22 bits per heavy atom. The molecule has 1 aliphatic heterocycles. The van der Waals surface area contributed by atoms with Crippen LogP contribution in [0.2, 0.25) is 0 Å². The van der Waals surface area contributed by atoms with Crippen LogP contribution >= 0.6 is 0 Å². The van der Waals surface area contributed by atoms with E-state index in [1.165, 1.54) is 0 Å². The van der Waals surface area contributed by atoms with E-state index in [1.807, 2.05) is 30.6 Å². The Bertz CT molecular complexity index is 1230. The van der Waals surface area contributed by atoms with Gasteiger partial charge in [0.2, 0.25) is 5.91 Å². The maximum atomic E-state index is 12.3. The SMILES string of the molecule is NC(=O)C(Nc1ccncc1)c1ccn2ncc(-c3cccc(C4CCCNC4)n3)c2c1. The van der Waals surface area contributed by atoms with E-state index >= 15 is 0 Å². The molecule has 1 saturated heterocycles. The highest BCUT2D eigenvalue weighted by Crippen LogP contribution is 2.29. The van der Waals surface area contributed by atoms with Crippen LogP contribution < -0.4 is 16.4 Å². The first-order valence-corrected chi connectivity index (χ1v) is 10.8. The Kier molecular flexibility index (Phi) is 5.51. The van der Waals surface area contributed by atoms with Gasteiger partial charge in [-0.2, -0.15) is 5.10 Å². The third-order valence-electron chi connectivity index (χ3n) is 5.92. The Balaban J connectivity index is 1.50. The van der Waals surface area contributed by atoms with Gasteiger partial charge < -0.3 is 16.4 Å². The second-order valence-electron chi connectivity index (χ2n) is 8.05. The molecule has 4 aromatic heterocycles. The van der Waals surface area contributed by atoms with Crippen molar-refractivity contribution in [1.82, 2.24) is 24.9 Å². The van der Waals surface area contributed by atoms with E-state index in [4.69, 9.17) is 10.7 Å². The van der Waals surface area contributed by atoms with Crippen molar-refractivity contribution < 1.29 is 4.79 Å². The number of piperidine rings is 1. The topological polar surface area (TPSA) is 110 Å². The van der Waals surface area contributed by atoms with Crippen LogP contribution in [0.25, 0.3) is 16.8 Å². The zero-order valence-corrected chi connectivity index (χ0v) is 17.6. The van der Waals surface area contributed by atoms with Gasteiger partial charge in [0.15, 0.2) is 0 Å². The van der Waals surface area contributed by atoms with Crippen LogP contribution in [0, 0.1) is 0 Å². The Morgan fingerprint density at radius 3 is 2.88 bits per heavy atom. The lowest BCUT2D eigenvalue weighted by Crippen LogP contribution is -2.28. The van der Waals surface area contributed by atoms with Crippen molar-refractivity contribution in [3.63, 3.8) is 0 Å². The minimum atomic E-state index is -0.683. The van der Waals surface area contributed by atoms with Gasteiger partial charge in [0.05, 0.1) is 17.4 Å². The van der Waals surface area contributed by atoms with Crippen molar-refractivity contribution in [3.8, 4) is 11.3 Å². The number of carbonyl (C=O) groups is 1. The molecule has 2 atom stereocenters. The number of nitrogens with one attached hydrogen (secondary N) is 2. The molecule has 5 heterocycles. The van der Waals surface area contributed by atoms with E-state index in [9.17, 15) is 4.79 Å². The Morgan fingerprint density at radius 2 is 2.09 bits per heavy atom. The van der Waals surface area contributed by atoms with Crippen molar-refractivity contribution in [1.29, 1.82) is 0 Å². The van der Waals surface area contributed by atoms with E-state index in [0.717, 1.165) is 59.7 Å². The summed E-state index contributed by atoms with van der Waals surface area (Å²) in [7, 11) is 0. The lowest BCUT2D eigenvalue weighted by molar-refractivity contribution is -0.118. The van der Waals surface area contributed by atoms with Gasteiger partial charge in [0.1, 0.15) is 6.04 Å². The zero-order chi connectivity index (χ0) is 21.9. The second kappa shape index (κ2) is 8.76. The first-order valence-electron chi connectivity index (χ1n) is 10.8. The lowest BCUT2D eigenvalue weighted by Gasteiger charge is -2.22. The van der Waals surface area contributed by atoms with E-state index in [-0.39, 0.29) is 0 Å². The highest BCUT2D eigenvalue weighted by Gasteiger charge is 2.21. The number of hydrogen-bond acceptors (Lipinski definition) is 6. The number of carbonyl (C=O) groups excluding carboxylic acids is 1. The van der Waals surface area contributed by atoms with Crippen LogP contribution in [-0.4, -0.2) is 38.6 Å². The normalized spacial score (nSPS) is 17.2. The molecule has 0 spiro atoms. The minimum Gasteiger partial charge on any atom is -0.370 e. The fourth-order valence-corrected chi connectivity index (χ4v) is 4.24. The van der Waals surface area contributed by atoms with E-state index < -0.39 is 11.9 Å². The number of aromatic nitrogens is 4.